The lowest BCUT2D eigenvalue weighted by atomic mass is 9.95. The van der Waals surface area contributed by atoms with Gasteiger partial charge in [-0.25, -0.2) is 13.8 Å². The molecule has 0 saturated heterocycles. The highest BCUT2D eigenvalue weighted by Gasteiger charge is 2.17. The van der Waals surface area contributed by atoms with E-state index in [1.165, 1.54) is 6.07 Å². The molecule has 0 spiro atoms. The van der Waals surface area contributed by atoms with Gasteiger partial charge >= 0.3 is 0 Å². The van der Waals surface area contributed by atoms with Crippen molar-refractivity contribution in [1.82, 2.24) is 4.98 Å². The second-order valence-electron chi connectivity index (χ2n) is 7.25. The summed E-state index contributed by atoms with van der Waals surface area (Å²) in [4.78, 5) is 16.6. The van der Waals surface area contributed by atoms with Crippen LogP contribution in [0.5, 0.6) is 5.88 Å². The molecule has 1 aromatic heterocycles. The zero-order valence-electron chi connectivity index (χ0n) is 17.5. The Balaban J connectivity index is 1.58. The molecule has 160 valence electrons. The van der Waals surface area contributed by atoms with Crippen molar-refractivity contribution >= 4 is 11.6 Å². The van der Waals surface area contributed by atoms with Crippen LogP contribution >= 0.6 is 0 Å². The molecule has 32 heavy (non-hydrogen) atoms. The van der Waals surface area contributed by atoms with Gasteiger partial charge in [-0.3, -0.25) is 4.79 Å². The summed E-state index contributed by atoms with van der Waals surface area (Å²) in [5.41, 5.74) is 4.86. The van der Waals surface area contributed by atoms with Crippen LogP contribution in [0.4, 0.5) is 14.5 Å². The van der Waals surface area contributed by atoms with Gasteiger partial charge in [0.1, 0.15) is 17.2 Å². The van der Waals surface area contributed by atoms with Crippen LogP contribution in [0, 0.1) is 18.6 Å². The molecule has 0 bridgehead atoms. The minimum absolute atomic E-state index is 0.439. The minimum atomic E-state index is -0.903. The smallest absolute Gasteiger partial charge is 0.261 e. The van der Waals surface area contributed by atoms with E-state index in [1.54, 1.807) is 25.4 Å². The van der Waals surface area contributed by atoms with E-state index in [1.807, 2.05) is 43.3 Å². The Bertz CT molecular complexity index is 1250. The highest BCUT2D eigenvalue weighted by Crippen LogP contribution is 2.30. The fraction of sp³-hybridized carbons (Fsp3) is 0.0769. The fourth-order valence-corrected chi connectivity index (χ4v) is 3.43. The summed E-state index contributed by atoms with van der Waals surface area (Å²) in [5.74, 6) is -2.09. The van der Waals surface area contributed by atoms with Crippen molar-refractivity contribution in [1.29, 1.82) is 0 Å². The number of nitrogens with one attached hydrogen (secondary N) is 1. The van der Waals surface area contributed by atoms with E-state index in [2.05, 4.69) is 16.4 Å². The Morgan fingerprint density at radius 3 is 2.16 bits per heavy atom. The molecular weight excluding hydrogens is 410 g/mol. The number of hydrogen-bond acceptors (Lipinski definition) is 3. The van der Waals surface area contributed by atoms with E-state index in [9.17, 15) is 13.6 Å². The van der Waals surface area contributed by atoms with Gasteiger partial charge < -0.3 is 10.1 Å². The van der Waals surface area contributed by atoms with Crippen LogP contribution in [-0.2, 0) is 0 Å². The van der Waals surface area contributed by atoms with Crippen LogP contribution in [0.25, 0.3) is 22.3 Å². The van der Waals surface area contributed by atoms with Crippen molar-refractivity contribution in [2.24, 2.45) is 0 Å². The first-order valence-corrected chi connectivity index (χ1v) is 9.93. The van der Waals surface area contributed by atoms with Crippen LogP contribution in [-0.4, -0.2) is 18.0 Å². The molecule has 0 unspecified atom stereocenters. The fourth-order valence-electron chi connectivity index (χ4n) is 3.43. The van der Waals surface area contributed by atoms with Crippen LogP contribution in [0.15, 0.2) is 79.0 Å². The van der Waals surface area contributed by atoms with Gasteiger partial charge in [0.05, 0.1) is 7.11 Å². The zero-order valence-corrected chi connectivity index (χ0v) is 17.5. The van der Waals surface area contributed by atoms with Crippen LogP contribution in [0.1, 0.15) is 15.9 Å². The number of carbonyl (C=O) groups excluding carboxylic acids is 1. The summed E-state index contributed by atoms with van der Waals surface area (Å²) in [5, 5.41) is 2.54. The first-order chi connectivity index (χ1) is 15.5. The molecule has 0 saturated carbocycles. The van der Waals surface area contributed by atoms with Crippen molar-refractivity contribution in [3.05, 3.63) is 102 Å². The standard InChI is InChI=1S/C26H20F2N2O2/c1-16-6-7-18(19-10-13-24(32-2)29-15-19)14-21(16)17-8-11-20(12-9-17)30-26(31)25-22(27)4-3-5-23(25)28/h3-15H,1-2H3,(H,30,31). The highest BCUT2D eigenvalue weighted by molar-refractivity contribution is 6.04. The molecule has 0 radical (unpaired) electrons. The maximum Gasteiger partial charge on any atom is 0.261 e. The van der Waals surface area contributed by atoms with E-state index in [4.69, 9.17) is 4.74 Å². The number of aromatic nitrogens is 1. The van der Waals surface area contributed by atoms with Gasteiger partial charge in [-0.1, -0.05) is 30.3 Å². The van der Waals surface area contributed by atoms with Crippen LogP contribution in [0.2, 0.25) is 0 Å². The molecule has 0 aliphatic rings. The van der Waals surface area contributed by atoms with Crippen molar-refractivity contribution in [3.8, 4) is 28.1 Å². The number of carbonyl (C=O) groups is 1. The number of aryl methyl sites for hydroxylation is 1. The normalized spacial score (nSPS) is 10.6. The molecule has 0 aliphatic heterocycles. The number of anilines is 1. The lowest BCUT2D eigenvalue weighted by Crippen LogP contribution is -2.15. The lowest BCUT2D eigenvalue weighted by Gasteiger charge is -2.11. The monoisotopic (exact) mass is 430 g/mol. The predicted molar refractivity (Wildman–Crippen MR) is 121 cm³/mol. The molecule has 1 amide bonds. The van der Waals surface area contributed by atoms with E-state index in [0.29, 0.717) is 11.6 Å². The lowest BCUT2D eigenvalue weighted by molar-refractivity contribution is 0.101. The molecule has 6 heteroatoms. The number of rotatable bonds is 5. The van der Waals surface area contributed by atoms with Crippen molar-refractivity contribution in [2.75, 3.05) is 12.4 Å². The maximum atomic E-state index is 13.8. The number of amides is 1. The van der Waals surface area contributed by atoms with Crippen LogP contribution in [0.3, 0.4) is 0 Å². The molecule has 1 heterocycles. The molecule has 4 rings (SSSR count). The molecule has 0 aliphatic carbocycles. The van der Waals surface area contributed by atoms with Crippen molar-refractivity contribution in [3.63, 3.8) is 0 Å². The third kappa shape index (κ3) is 4.34. The van der Waals surface area contributed by atoms with Gasteiger partial charge in [-0.2, -0.15) is 0 Å². The first kappa shape index (κ1) is 21.2. The summed E-state index contributed by atoms with van der Waals surface area (Å²) in [6.07, 6.45) is 1.76. The molecule has 4 aromatic rings. The van der Waals surface area contributed by atoms with Crippen molar-refractivity contribution in [2.45, 2.75) is 6.92 Å². The number of benzene rings is 3. The van der Waals surface area contributed by atoms with E-state index < -0.39 is 23.1 Å². The number of nitrogens with zero attached hydrogens (tertiary/aromatic N) is 1. The molecule has 1 N–H and O–H groups in total. The zero-order chi connectivity index (χ0) is 22.7. The molecule has 3 aromatic carbocycles. The summed E-state index contributed by atoms with van der Waals surface area (Å²) in [6.45, 7) is 2.02. The second kappa shape index (κ2) is 8.98. The van der Waals surface area contributed by atoms with Gasteiger partial charge in [-0.05, 0) is 65.6 Å². The van der Waals surface area contributed by atoms with E-state index in [0.717, 1.165) is 39.9 Å². The van der Waals surface area contributed by atoms with E-state index >= 15 is 0 Å². The average Bonchev–Trinajstić information content (AvgIpc) is 2.80. The van der Waals surface area contributed by atoms with Gasteiger partial charge in [0.25, 0.3) is 5.91 Å². The molecular formula is C26H20F2N2O2. The van der Waals surface area contributed by atoms with E-state index in [-0.39, 0.29) is 0 Å². The summed E-state index contributed by atoms with van der Waals surface area (Å²) in [7, 11) is 1.57. The Morgan fingerprint density at radius 2 is 1.53 bits per heavy atom. The Morgan fingerprint density at radius 1 is 0.875 bits per heavy atom. The molecule has 4 nitrogen and oxygen atoms in total. The third-order valence-corrected chi connectivity index (χ3v) is 5.16. The Labute approximate surface area is 184 Å². The highest BCUT2D eigenvalue weighted by atomic mass is 19.1. The van der Waals surface area contributed by atoms with Crippen molar-refractivity contribution < 1.29 is 18.3 Å². The third-order valence-electron chi connectivity index (χ3n) is 5.16. The number of methoxy groups -OCH3 is 1. The molecule has 0 fully saturated rings. The average molecular weight is 430 g/mol. The van der Waals surface area contributed by atoms with Gasteiger partial charge in [0.15, 0.2) is 0 Å². The van der Waals surface area contributed by atoms with Gasteiger partial charge in [-0.15, -0.1) is 0 Å². The van der Waals surface area contributed by atoms with Crippen LogP contribution < -0.4 is 10.1 Å². The molecule has 0 atom stereocenters. The quantitative estimate of drug-likeness (QED) is 0.406. The topological polar surface area (TPSA) is 51.2 Å². The summed E-state index contributed by atoms with van der Waals surface area (Å²) < 4.78 is 32.8. The first-order valence-electron chi connectivity index (χ1n) is 9.93. The number of halogens is 2. The largest absolute Gasteiger partial charge is 0.481 e. The summed E-state index contributed by atoms with van der Waals surface area (Å²) >= 11 is 0. The number of hydrogen-bond donors (Lipinski definition) is 1. The number of pyridine rings is 1. The van der Waals surface area contributed by atoms with Gasteiger partial charge in [0, 0.05) is 23.5 Å². The number of ether oxygens (including phenoxy) is 1. The Hall–Kier alpha value is -4.06. The predicted octanol–water partition coefficient (Wildman–Crippen LogP) is 6.26. The SMILES string of the molecule is COc1ccc(-c2ccc(C)c(-c3ccc(NC(=O)c4c(F)cccc4F)cc3)c2)cn1. The Kier molecular flexibility index (Phi) is 5.94. The minimum Gasteiger partial charge on any atom is -0.481 e. The maximum absolute atomic E-state index is 13.8. The summed E-state index contributed by atoms with van der Waals surface area (Å²) in [6, 6.07) is 20.3. The second-order valence-corrected chi connectivity index (χ2v) is 7.25. The van der Waals surface area contributed by atoms with Gasteiger partial charge in [0.2, 0.25) is 5.88 Å².